The van der Waals surface area contributed by atoms with Crippen molar-refractivity contribution in [1.82, 2.24) is 25.5 Å². The van der Waals surface area contributed by atoms with E-state index < -0.39 is 24.9 Å². The number of aromatic amines is 1. The second-order valence-corrected chi connectivity index (χ2v) is 7.51. The second kappa shape index (κ2) is 6.99. The lowest BCUT2D eigenvalue weighted by Crippen LogP contribution is -2.56. The van der Waals surface area contributed by atoms with Crippen molar-refractivity contribution in [2.45, 2.75) is 38.7 Å². The number of rotatable bonds is 7. The zero-order valence-corrected chi connectivity index (χ0v) is 15.7. The van der Waals surface area contributed by atoms with Crippen LogP contribution in [0.4, 0.5) is 14.6 Å². The molecule has 2 aromatic heterocycles. The van der Waals surface area contributed by atoms with Crippen molar-refractivity contribution in [2.75, 3.05) is 24.6 Å². The molecule has 1 atom stereocenters. The van der Waals surface area contributed by atoms with Crippen LogP contribution < -0.4 is 15.0 Å². The van der Waals surface area contributed by atoms with Crippen molar-refractivity contribution < 1.29 is 18.3 Å². The Bertz CT molecular complexity index is 875. The maximum atomic E-state index is 13.2. The van der Waals surface area contributed by atoms with Crippen LogP contribution in [0.15, 0.2) is 12.3 Å². The first-order chi connectivity index (χ1) is 13.3. The highest BCUT2D eigenvalue weighted by atomic mass is 19.3. The first kappa shape index (κ1) is 18.6. The zero-order chi connectivity index (χ0) is 19.9. The van der Waals surface area contributed by atoms with Crippen LogP contribution in [0.3, 0.4) is 0 Å². The van der Waals surface area contributed by atoms with Gasteiger partial charge in [0.05, 0.1) is 43.3 Å². The molecule has 0 aromatic carbocycles. The molecule has 10 heteroatoms. The number of hydrogen-bond acceptors (Lipinski definition) is 6. The summed E-state index contributed by atoms with van der Waals surface area (Å²) in [5.74, 6) is -2.33. The zero-order valence-electron chi connectivity index (χ0n) is 15.7. The Hall–Kier alpha value is -2.78. The molecule has 2 aromatic rings. The van der Waals surface area contributed by atoms with Crippen molar-refractivity contribution in [3.8, 4) is 5.88 Å². The van der Waals surface area contributed by atoms with Crippen LogP contribution in [0.25, 0.3) is 0 Å². The normalized spacial score (nSPS) is 19.1. The Morgan fingerprint density at radius 2 is 2.21 bits per heavy atom. The average Bonchev–Trinajstić information content (AvgIpc) is 3.36. The van der Waals surface area contributed by atoms with Gasteiger partial charge < -0.3 is 15.0 Å². The first-order valence-corrected chi connectivity index (χ1v) is 9.26. The van der Waals surface area contributed by atoms with Gasteiger partial charge in [0.1, 0.15) is 0 Å². The highest BCUT2D eigenvalue weighted by molar-refractivity contribution is 5.92. The number of nitrogens with zero attached hydrogens (tertiary/aromatic N) is 4. The third-order valence-corrected chi connectivity index (χ3v) is 4.79. The third-order valence-electron chi connectivity index (χ3n) is 4.79. The summed E-state index contributed by atoms with van der Waals surface area (Å²) in [5.41, 5.74) is 1.66. The summed E-state index contributed by atoms with van der Waals surface area (Å²) in [4.78, 5) is 22.4. The number of aryl methyl sites for hydroxylation is 1. The highest BCUT2D eigenvalue weighted by Gasteiger charge is 2.46. The van der Waals surface area contributed by atoms with Gasteiger partial charge in [0.25, 0.3) is 17.7 Å². The molecule has 2 aliphatic rings. The number of aromatic nitrogens is 4. The summed E-state index contributed by atoms with van der Waals surface area (Å²) < 4.78 is 32.2. The van der Waals surface area contributed by atoms with E-state index >= 15 is 0 Å². The Morgan fingerprint density at radius 1 is 1.46 bits per heavy atom. The minimum Gasteiger partial charge on any atom is -0.475 e. The van der Waals surface area contributed by atoms with E-state index in [9.17, 15) is 13.6 Å². The first-order valence-electron chi connectivity index (χ1n) is 9.26. The molecule has 3 heterocycles. The molecule has 2 fully saturated rings. The van der Waals surface area contributed by atoms with E-state index in [0.29, 0.717) is 12.5 Å². The van der Waals surface area contributed by atoms with E-state index in [0.717, 1.165) is 24.2 Å². The van der Waals surface area contributed by atoms with Crippen LogP contribution in [0.5, 0.6) is 5.88 Å². The number of ether oxygens (including phenoxy) is 1. The molecule has 2 N–H and O–H groups in total. The predicted molar refractivity (Wildman–Crippen MR) is 96.6 cm³/mol. The maximum absolute atomic E-state index is 13.2. The molecule has 1 amide bonds. The number of alkyl halides is 2. The number of hydrogen-bond donors (Lipinski definition) is 2. The van der Waals surface area contributed by atoms with E-state index in [-0.39, 0.29) is 23.4 Å². The van der Waals surface area contributed by atoms with E-state index in [1.165, 1.54) is 11.1 Å². The lowest BCUT2D eigenvalue weighted by atomic mass is 10.1. The van der Waals surface area contributed by atoms with Crippen molar-refractivity contribution >= 4 is 11.7 Å². The molecule has 8 nitrogen and oxygen atoms in total. The SMILES string of the molecule is Cc1cc([C@@H](C)NC(=O)c2cnc(N3CC(F)(F)C3)c(OCC3CC3)n2)[nH]n1. The van der Waals surface area contributed by atoms with Crippen LogP contribution in [0, 0.1) is 12.8 Å². The maximum Gasteiger partial charge on any atom is 0.282 e. The lowest BCUT2D eigenvalue weighted by molar-refractivity contribution is -0.0270. The molecule has 28 heavy (non-hydrogen) atoms. The number of anilines is 1. The molecule has 0 unspecified atom stereocenters. The Morgan fingerprint density at radius 3 is 2.82 bits per heavy atom. The predicted octanol–water partition coefficient (Wildman–Crippen LogP) is 2.24. The summed E-state index contributed by atoms with van der Waals surface area (Å²) >= 11 is 0. The van der Waals surface area contributed by atoms with Gasteiger partial charge in [-0.3, -0.25) is 9.89 Å². The summed E-state index contributed by atoms with van der Waals surface area (Å²) in [6.45, 7) is 3.26. The van der Waals surface area contributed by atoms with Crippen LogP contribution >= 0.6 is 0 Å². The topological polar surface area (TPSA) is 96.0 Å². The number of halogens is 2. The van der Waals surface area contributed by atoms with Crippen LogP contribution in [-0.2, 0) is 0 Å². The van der Waals surface area contributed by atoms with E-state index in [1.54, 1.807) is 0 Å². The highest BCUT2D eigenvalue weighted by Crippen LogP contribution is 2.36. The van der Waals surface area contributed by atoms with Gasteiger partial charge in [-0.05, 0) is 38.7 Å². The van der Waals surface area contributed by atoms with E-state index in [1.807, 2.05) is 19.9 Å². The fourth-order valence-corrected chi connectivity index (χ4v) is 2.94. The number of H-pyrrole nitrogens is 1. The summed E-state index contributed by atoms with van der Waals surface area (Å²) in [5, 5.41) is 9.72. The average molecular weight is 392 g/mol. The van der Waals surface area contributed by atoms with Crippen molar-refractivity contribution in [1.29, 1.82) is 0 Å². The Kier molecular flexibility index (Phi) is 4.64. The van der Waals surface area contributed by atoms with Gasteiger partial charge in [-0.25, -0.2) is 18.7 Å². The van der Waals surface area contributed by atoms with Gasteiger partial charge >= 0.3 is 0 Å². The molecule has 4 rings (SSSR count). The largest absolute Gasteiger partial charge is 0.475 e. The Labute approximate surface area is 160 Å². The van der Waals surface area contributed by atoms with Crippen molar-refractivity contribution in [2.24, 2.45) is 5.92 Å². The molecular formula is C18H22F2N6O2. The van der Waals surface area contributed by atoms with Gasteiger partial charge in [0.15, 0.2) is 11.5 Å². The monoisotopic (exact) mass is 392 g/mol. The van der Waals surface area contributed by atoms with Crippen LogP contribution in [-0.4, -0.2) is 51.7 Å². The number of carbonyl (C=O) groups excluding carboxylic acids is 1. The molecule has 1 saturated carbocycles. The van der Waals surface area contributed by atoms with Crippen molar-refractivity contribution in [3.63, 3.8) is 0 Å². The van der Waals surface area contributed by atoms with E-state index in [2.05, 4.69) is 25.5 Å². The minimum atomic E-state index is -2.73. The van der Waals surface area contributed by atoms with Gasteiger partial charge in [0, 0.05) is 0 Å². The fourth-order valence-electron chi connectivity index (χ4n) is 2.94. The summed E-state index contributed by atoms with van der Waals surface area (Å²) in [6, 6.07) is 1.54. The van der Waals surface area contributed by atoms with Crippen molar-refractivity contribution in [3.05, 3.63) is 29.3 Å². The smallest absolute Gasteiger partial charge is 0.282 e. The number of carbonyl (C=O) groups is 1. The molecular weight excluding hydrogens is 370 g/mol. The quantitative estimate of drug-likeness (QED) is 0.750. The van der Waals surface area contributed by atoms with Gasteiger partial charge in [-0.15, -0.1) is 0 Å². The van der Waals surface area contributed by atoms with Gasteiger partial charge in [0.2, 0.25) is 0 Å². The third kappa shape index (κ3) is 4.05. The standard InChI is InChI=1S/C18H22F2N6O2/c1-10-5-13(25-24-10)11(2)22-16(27)14-6-21-15(26-8-18(19,20)9-26)17(23-14)28-7-12-3-4-12/h5-6,11-12H,3-4,7-9H2,1-2H3,(H,22,27)(H,24,25)/t11-/m1/s1. The number of amides is 1. The van der Waals surface area contributed by atoms with Crippen LogP contribution in [0.1, 0.15) is 47.7 Å². The minimum absolute atomic E-state index is 0.0740. The number of nitrogens with one attached hydrogen (secondary N) is 2. The fraction of sp³-hybridized carbons (Fsp3) is 0.556. The molecule has 1 aliphatic carbocycles. The lowest BCUT2D eigenvalue weighted by Gasteiger charge is -2.39. The molecule has 1 aliphatic heterocycles. The van der Waals surface area contributed by atoms with Gasteiger partial charge in [-0.1, -0.05) is 0 Å². The second-order valence-electron chi connectivity index (χ2n) is 7.51. The van der Waals surface area contributed by atoms with E-state index in [4.69, 9.17) is 4.74 Å². The molecule has 1 saturated heterocycles. The molecule has 0 spiro atoms. The molecule has 0 radical (unpaired) electrons. The van der Waals surface area contributed by atoms with Crippen LogP contribution in [0.2, 0.25) is 0 Å². The Balaban J connectivity index is 1.49. The van der Waals surface area contributed by atoms with Gasteiger partial charge in [-0.2, -0.15) is 5.10 Å². The molecule has 0 bridgehead atoms. The molecule has 150 valence electrons. The summed E-state index contributed by atoms with van der Waals surface area (Å²) in [6.07, 6.45) is 3.44. The summed E-state index contributed by atoms with van der Waals surface area (Å²) in [7, 11) is 0.